The first kappa shape index (κ1) is 18.1. The number of rotatable bonds is 7. The Balaban J connectivity index is 1.27. The van der Waals surface area contributed by atoms with Gasteiger partial charge in [-0.15, -0.1) is 0 Å². The number of fused-ring (bicyclic) bond motifs is 1. The zero-order chi connectivity index (χ0) is 18.8. The van der Waals surface area contributed by atoms with Crippen LogP contribution in [0.4, 0.5) is 4.79 Å². The van der Waals surface area contributed by atoms with Gasteiger partial charge in [0, 0.05) is 39.3 Å². The van der Waals surface area contributed by atoms with E-state index in [1.54, 1.807) is 0 Å². The van der Waals surface area contributed by atoms with Gasteiger partial charge in [-0.25, -0.2) is 4.79 Å². The molecular weight excluding hydrogens is 356 g/mol. The minimum absolute atomic E-state index is 0.0321. The Hall–Kier alpha value is -2.24. The molecule has 0 aliphatic carbocycles. The second kappa shape index (κ2) is 7.79. The standard InChI is InChI=1S/C16H24N6O5/c17-14(23)15-18-13(19-27-15)10-21-8-11-12(9-21)26-16(24)22(11)3-1-2-20-4-6-25-7-5-20/h11-12H,1-10H2,(H2,17,23)/t11-,12+/m1/s1. The summed E-state index contributed by atoms with van der Waals surface area (Å²) < 4.78 is 15.7. The second-order valence-electron chi connectivity index (χ2n) is 7.06. The number of aromatic nitrogens is 2. The maximum absolute atomic E-state index is 12.2. The molecule has 3 fully saturated rings. The molecule has 148 valence electrons. The molecule has 4 rings (SSSR count). The molecule has 4 heterocycles. The van der Waals surface area contributed by atoms with Gasteiger partial charge >= 0.3 is 17.9 Å². The molecule has 0 saturated carbocycles. The van der Waals surface area contributed by atoms with Crippen LogP contribution in [-0.2, 0) is 16.0 Å². The molecule has 2 atom stereocenters. The topological polar surface area (TPSA) is 127 Å². The van der Waals surface area contributed by atoms with E-state index in [4.69, 9.17) is 19.7 Å². The first-order valence-corrected chi connectivity index (χ1v) is 9.22. The fourth-order valence-electron chi connectivity index (χ4n) is 3.87. The minimum Gasteiger partial charge on any atom is -0.442 e. The number of nitrogens with two attached hydrogens (primary N) is 1. The molecule has 1 aromatic heterocycles. The zero-order valence-corrected chi connectivity index (χ0v) is 15.1. The van der Waals surface area contributed by atoms with Gasteiger partial charge in [-0.2, -0.15) is 4.98 Å². The van der Waals surface area contributed by atoms with Gasteiger partial charge < -0.3 is 24.6 Å². The molecule has 11 heteroatoms. The van der Waals surface area contributed by atoms with Crippen molar-refractivity contribution in [2.24, 2.45) is 5.73 Å². The molecule has 0 spiro atoms. The summed E-state index contributed by atoms with van der Waals surface area (Å²) >= 11 is 0. The molecule has 2 N–H and O–H groups in total. The molecule has 0 aromatic carbocycles. The molecule has 0 radical (unpaired) electrons. The van der Waals surface area contributed by atoms with Crippen LogP contribution in [0.15, 0.2) is 4.52 Å². The number of primary amides is 1. The summed E-state index contributed by atoms with van der Waals surface area (Å²) in [5.74, 6) is -0.540. The highest BCUT2D eigenvalue weighted by molar-refractivity contribution is 5.87. The lowest BCUT2D eigenvalue weighted by Gasteiger charge is -2.28. The predicted octanol–water partition coefficient (Wildman–Crippen LogP) is -1.10. The van der Waals surface area contributed by atoms with Crippen LogP contribution in [0.25, 0.3) is 0 Å². The molecule has 11 nitrogen and oxygen atoms in total. The highest BCUT2D eigenvalue weighted by Crippen LogP contribution is 2.27. The van der Waals surface area contributed by atoms with Crippen LogP contribution in [0, 0.1) is 0 Å². The van der Waals surface area contributed by atoms with E-state index < -0.39 is 5.91 Å². The van der Waals surface area contributed by atoms with Crippen molar-refractivity contribution in [3.63, 3.8) is 0 Å². The quantitative estimate of drug-likeness (QED) is 0.626. The van der Waals surface area contributed by atoms with Crippen molar-refractivity contribution in [3.8, 4) is 0 Å². The first-order chi connectivity index (χ1) is 13.1. The summed E-state index contributed by atoms with van der Waals surface area (Å²) in [4.78, 5) is 33.5. The maximum Gasteiger partial charge on any atom is 0.410 e. The van der Waals surface area contributed by atoms with Gasteiger partial charge in [0.05, 0.1) is 25.8 Å². The SMILES string of the molecule is NC(=O)c1nc(CN2C[C@@H]3OC(=O)N(CCCN4CCOCC4)[C@@H]3C2)no1. The third-order valence-electron chi connectivity index (χ3n) is 5.22. The number of hydrogen-bond donors (Lipinski definition) is 1. The van der Waals surface area contributed by atoms with Crippen LogP contribution in [0.5, 0.6) is 0 Å². The fraction of sp³-hybridized carbons (Fsp3) is 0.750. The molecule has 0 bridgehead atoms. The number of carbonyl (C=O) groups is 2. The number of likely N-dealkylation sites (tertiary alicyclic amines) is 1. The lowest BCUT2D eigenvalue weighted by molar-refractivity contribution is 0.0362. The van der Waals surface area contributed by atoms with Crippen LogP contribution in [0.1, 0.15) is 22.9 Å². The normalized spacial score (nSPS) is 26.4. The van der Waals surface area contributed by atoms with Crippen LogP contribution in [-0.4, -0.2) is 101 Å². The van der Waals surface area contributed by atoms with Crippen molar-refractivity contribution < 1.29 is 23.6 Å². The van der Waals surface area contributed by atoms with Crippen LogP contribution in [0.3, 0.4) is 0 Å². The lowest BCUT2D eigenvalue weighted by Crippen LogP contribution is -2.41. The van der Waals surface area contributed by atoms with Gasteiger partial charge in [-0.05, 0) is 6.42 Å². The Kier molecular flexibility index (Phi) is 5.23. The van der Waals surface area contributed by atoms with E-state index >= 15 is 0 Å². The maximum atomic E-state index is 12.2. The molecule has 1 aromatic rings. The molecule has 27 heavy (non-hydrogen) atoms. The van der Waals surface area contributed by atoms with E-state index in [0.717, 1.165) is 39.3 Å². The summed E-state index contributed by atoms with van der Waals surface area (Å²) in [6.07, 6.45) is 0.524. The summed E-state index contributed by atoms with van der Waals surface area (Å²) in [5.41, 5.74) is 5.12. The van der Waals surface area contributed by atoms with Crippen molar-refractivity contribution in [2.45, 2.75) is 25.1 Å². The van der Waals surface area contributed by atoms with Crippen LogP contribution < -0.4 is 5.73 Å². The third kappa shape index (κ3) is 4.04. The number of ether oxygens (including phenoxy) is 2. The summed E-state index contributed by atoms with van der Waals surface area (Å²) in [7, 11) is 0. The van der Waals surface area contributed by atoms with Crippen molar-refractivity contribution in [3.05, 3.63) is 11.7 Å². The number of morpholine rings is 1. The number of hydrogen-bond acceptors (Lipinski definition) is 9. The molecule has 3 aliphatic rings. The first-order valence-electron chi connectivity index (χ1n) is 9.22. The number of carbonyl (C=O) groups excluding carboxylic acids is 2. The minimum atomic E-state index is -0.743. The molecule has 2 amide bonds. The van der Waals surface area contributed by atoms with Gasteiger partial charge in [0.2, 0.25) is 0 Å². The Labute approximate surface area is 156 Å². The van der Waals surface area contributed by atoms with Crippen molar-refractivity contribution in [1.29, 1.82) is 0 Å². The molecule has 3 aliphatic heterocycles. The average Bonchev–Trinajstić information content (AvgIpc) is 3.33. The highest BCUT2D eigenvalue weighted by Gasteiger charge is 2.47. The third-order valence-corrected chi connectivity index (χ3v) is 5.22. The second-order valence-corrected chi connectivity index (χ2v) is 7.06. The van der Waals surface area contributed by atoms with Gasteiger partial charge in [-0.3, -0.25) is 14.6 Å². The van der Waals surface area contributed by atoms with Crippen molar-refractivity contribution in [1.82, 2.24) is 24.8 Å². The Morgan fingerprint density at radius 1 is 1.19 bits per heavy atom. The Morgan fingerprint density at radius 2 is 2.00 bits per heavy atom. The Morgan fingerprint density at radius 3 is 2.74 bits per heavy atom. The highest BCUT2D eigenvalue weighted by atomic mass is 16.6. The average molecular weight is 380 g/mol. The number of amides is 2. The van der Waals surface area contributed by atoms with E-state index in [1.165, 1.54) is 0 Å². The summed E-state index contributed by atoms with van der Waals surface area (Å²) in [5, 5.41) is 3.76. The molecule has 3 saturated heterocycles. The van der Waals surface area contributed by atoms with E-state index in [9.17, 15) is 9.59 Å². The van der Waals surface area contributed by atoms with Gasteiger partial charge in [0.25, 0.3) is 0 Å². The fourth-order valence-corrected chi connectivity index (χ4v) is 3.87. The monoisotopic (exact) mass is 380 g/mol. The lowest BCUT2D eigenvalue weighted by atomic mass is 10.2. The number of nitrogens with zero attached hydrogens (tertiary/aromatic N) is 5. The van der Waals surface area contributed by atoms with Crippen LogP contribution in [0.2, 0.25) is 0 Å². The van der Waals surface area contributed by atoms with E-state index in [2.05, 4.69) is 19.9 Å². The van der Waals surface area contributed by atoms with Gasteiger partial charge in [0.1, 0.15) is 6.10 Å². The summed E-state index contributed by atoms with van der Waals surface area (Å²) in [6, 6.07) is 0.0321. The zero-order valence-electron chi connectivity index (χ0n) is 15.1. The van der Waals surface area contributed by atoms with E-state index in [-0.39, 0.29) is 24.1 Å². The van der Waals surface area contributed by atoms with Crippen molar-refractivity contribution >= 4 is 12.0 Å². The van der Waals surface area contributed by atoms with Gasteiger partial charge in [0.15, 0.2) is 5.82 Å². The van der Waals surface area contributed by atoms with E-state index in [1.807, 2.05) is 4.90 Å². The molecular formula is C16H24N6O5. The molecule has 0 unspecified atom stereocenters. The predicted molar refractivity (Wildman–Crippen MR) is 90.7 cm³/mol. The van der Waals surface area contributed by atoms with E-state index in [0.29, 0.717) is 32.0 Å². The summed E-state index contributed by atoms with van der Waals surface area (Å²) in [6.45, 7) is 6.78. The Bertz CT molecular complexity index is 691. The van der Waals surface area contributed by atoms with Gasteiger partial charge in [-0.1, -0.05) is 5.16 Å². The van der Waals surface area contributed by atoms with Crippen molar-refractivity contribution in [2.75, 3.05) is 52.5 Å². The largest absolute Gasteiger partial charge is 0.442 e. The van der Waals surface area contributed by atoms with Crippen LogP contribution >= 0.6 is 0 Å². The smallest absolute Gasteiger partial charge is 0.410 e.